The van der Waals surface area contributed by atoms with Crippen molar-refractivity contribution in [3.8, 4) is 11.5 Å². The minimum atomic E-state index is -0.356. The summed E-state index contributed by atoms with van der Waals surface area (Å²) in [6.45, 7) is 6.50. The zero-order chi connectivity index (χ0) is 32.4. The van der Waals surface area contributed by atoms with Gasteiger partial charge in [0.15, 0.2) is 11.5 Å². The molecule has 0 unspecified atom stereocenters. The Morgan fingerprint density at radius 3 is 2.33 bits per heavy atom. The molecule has 3 aromatic rings. The van der Waals surface area contributed by atoms with E-state index in [0.717, 1.165) is 60.3 Å². The number of hydrogen-bond donors (Lipinski definition) is 0. The summed E-state index contributed by atoms with van der Waals surface area (Å²) >= 11 is 6.28. The zero-order valence-electron chi connectivity index (χ0n) is 27.2. The number of amides is 2. The molecule has 2 amide bonds. The molecule has 3 aromatic carbocycles. The van der Waals surface area contributed by atoms with Crippen LogP contribution in [0.25, 0.3) is 0 Å². The molecule has 1 saturated heterocycles. The van der Waals surface area contributed by atoms with Crippen molar-refractivity contribution in [3.63, 3.8) is 0 Å². The number of carbonyl (C=O) groups excluding carboxylic acids is 2. The fourth-order valence-corrected chi connectivity index (χ4v) is 7.37. The summed E-state index contributed by atoms with van der Waals surface area (Å²) in [5, 5.41) is 0.645. The lowest BCUT2D eigenvalue weighted by Gasteiger charge is -2.39. The van der Waals surface area contributed by atoms with Gasteiger partial charge in [-0.3, -0.25) is 9.59 Å². The number of nitrogens with zero attached hydrogens (tertiary/aromatic N) is 3. The SMILES string of the molecule is COc1cc2c(cc1OC(C)C)[C@H](c1ccc(Cl)cc1)N(c1ccc(N(C)C[C@H]3CC[C@H](N4CCOCC4=O)CC3)cc1)C(=O)C2. The van der Waals surface area contributed by atoms with E-state index in [-0.39, 0.29) is 37.0 Å². The third-order valence-electron chi connectivity index (χ3n) is 9.52. The molecule has 3 aliphatic rings. The number of morpholine rings is 1. The Labute approximate surface area is 277 Å². The predicted molar refractivity (Wildman–Crippen MR) is 181 cm³/mol. The van der Waals surface area contributed by atoms with Crippen LogP contribution in [0.1, 0.15) is 62.3 Å². The molecule has 0 bridgehead atoms. The fraction of sp³-hybridized carbons (Fsp3) is 0.459. The minimum absolute atomic E-state index is 0.0173. The number of hydrogen-bond acceptors (Lipinski definition) is 6. The van der Waals surface area contributed by atoms with Gasteiger partial charge in [0.2, 0.25) is 11.8 Å². The highest BCUT2D eigenvalue weighted by Crippen LogP contribution is 2.44. The van der Waals surface area contributed by atoms with Crippen LogP contribution < -0.4 is 19.3 Å². The van der Waals surface area contributed by atoms with Gasteiger partial charge < -0.3 is 28.9 Å². The number of fused-ring (bicyclic) bond motifs is 1. The van der Waals surface area contributed by atoms with Crippen LogP contribution in [0.5, 0.6) is 11.5 Å². The van der Waals surface area contributed by atoms with Crippen LogP contribution in [0.15, 0.2) is 60.7 Å². The van der Waals surface area contributed by atoms with E-state index < -0.39 is 0 Å². The lowest BCUT2D eigenvalue weighted by atomic mass is 9.84. The molecule has 2 heterocycles. The van der Waals surface area contributed by atoms with Crippen molar-refractivity contribution in [2.75, 3.05) is 50.3 Å². The lowest BCUT2D eigenvalue weighted by molar-refractivity contribution is -0.146. The second kappa shape index (κ2) is 13.9. The van der Waals surface area contributed by atoms with Gasteiger partial charge in [-0.2, -0.15) is 0 Å². The zero-order valence-corrected chi connectivity index (χ0v) is 28.0. The number of halogens is 1. The molecular weight excluding hydrogens is 602 g/mol. The fourth-order valence-electron chi connectivity index (χ4n) is 7.24. The molecule has 0 aromatic heterocycles. The molecule has 2 aliphatic heterocycles. The Bertz CT molecular complexity index is 1540. The Morgan fingerprint density at radius 2 is 1.67 bits per heavy atom. The van der Waals surface area contributed by atoms with Gasteiger partial charge in [-0.05, 0) is 111 Å². The van der Waals surface area contributed by atoms with Gasteiger partial charge in [0.25, 0.3) is 0 Å². The molecule has 244 valence electrons. The summed E-state index contributed by atoms with van der Waals surface area (Å²) in [4.78, 5) is 32.4. The second-order valence-electron chi connectivity index (χ2n) is 13.0. The maximum atomic E-state index is 13.9. The summed E-state index contributed by atoms with van der Waals surface area (Å²) in [6, 6.07) is 20.0. The lowest BCUT2D eigenvalue weighted by Crippen LogP contribution is -2.49. The molecule has 0 N–H and O–H groups in total. The molecule has 0 spiro atoms. The van der Waals surface area contributed by atoms with Crippen LogP contribution in [0.2, 0.25) is 5.02 Å². The molecule has 2 fully saturated rings. The summed E-state index contributed by atoms with van der Waals surface area (Å²) in [5.41, 5.74) is 4.85. The van der Waals surface area contributed by atoms with E-state index in [4.69, 9.17) is 25.8 Å². The van der Waals surface area contributed by atoms with Crippen molar-refractivity contribution in [2.45, 2.75) is 64.1 Å². The van der Waals surface area contributed by atoms with Gasteiger partial charge in [-0.25, -0.2) is 0 Å². The van der Waals surface area contributed by atoms with Crippen molar-refractivity contribution >= 4 is 34.8 Å². The molecule has 9 heteroatoms. The third kappa shape index (κ3) is 6.83. The van der Waals surface area contributed by atoms with E-state index in [1.807, 2.05) is 72.2 Å². The molecule has 1 saturated carbocycles. The molecule has 1 atom stereocenters. The van der Waals surface area contributed by atoms with Gasteiger partial charge in [-0.1, -0.05) is 23.7 Å². The summed E-state index contributed by atoms with van der Waals surface area (Å²) in [7, 11) is 3.76. The monoisotopic (exact) mass is 645 g/mol. The highest BCUT2D eigenvalue weighted by atomic mass is 35.5. The Kier molecular flexibility index (Phi) is 9.76. The van der Waals surface area contributed by atoms with Crippen LogP contribution >= 0.6 is 11.6 Å². The van der Waals surface area contributed by atoms with Gasteiger partial charge in [0, 0.05) is 42.6 Å². The smallest absolute Gasteiger partial charge is 0.248 e. The van der Waals surface area contributed by atoms with E-state index in [2.05, 4.69) is 24.1 Å². The first-order valence-electron chi connectivity index (χ1n) is 16.3. The Balaban J connectivity index is 1.21. The van der Waals surface area contributed by atoms with Gasteiger partial charge in [-0.15, -0.1) is 0 Å². The number of anilines is 2. The van der Waals surface area contributed by atoms with E-state index in [9.17, 15) is 9.59 Å². The highest BCUT2D eigenvalue weighted by Gasteiger charge is 2.36. The van der Waals surface area contributed by atoms with Crippen LogP contribution in [-0.4, -0.2) is 69.3 Å². The first-order valence-corrected chi connectivity index (χ1v) is 16.7. The maximum absolute atomic E-state index is 13.9. The quantitative estimate of drug-likeness (QED) is 0.259. The average molecular weight is 646 g/mol. The van der Waals surface area contributed by atoms with Crippen molar-refractivity contribution in [1.29, 1.82) is 0 Å². The van der Waals surface area contributed by atoms with Crippen molar-refractivity contribution < 1.29 is 23.8 Å². The molecule has 46 heavy (non-hydrogen) atoms. The number of methoxy groups -OCH3 is 1. The van der Waals surface area contributed by atoms with Crippen molar-refractivity contribution in [3.05, 3.63) is 82.4 Å². The molecule has 1 aliphatic carbocycles. The van der Waals surface area contributed by atoms with Crippen LogP contribution in [0.4, 0.5) is 11.4 Å². The van der Waals surface area contributed by atoms with Crippen LogP contribution in [0, 0.1) is 5.92 Å². The summed E-state index contributed by atoms with van der Waals surface area (Å²) < 4.78 is 17.1. The van der Waals surface area contributed by atoms with Gasteiger partial charge in [0.05, 0.1) is 32.3 Å². The van der Waals surface area contributed by atoms with E-state index in [1.165, 1.54) is 0 Å². The van der Waals surface area contributed by atoms with Crippen LogP contribution in [-0.2, 0) is 20.7 Å². The van der Waals surface area contributed by atoms with Crippen molar-refractivity contribution in [2.24, 2.45) is 5.92 Å². The van der Waals surface area contributed by atoms with Crippen molar-refractivity contribution in [1.82, 2.24) is 4.90 Å². The highest BCUT2D eigenvalue weighted by molar-refractivity contribution is 6.30. The Hall–Kier alpha value is -3.75. The van der Waals surface area contributed by atoms with E-state index in [0.29, 0.717) is 41.6 Å². The van der Waals surface area contributed by atoms with E-state index in [1.54, 1.807) is 7.11 Å². The van der Waals surface area contributed by atoms with Gasteiger partial charge >= 0.3 is 0 Å². The standard InChI is InChI=1S/C37H44ClN3O5/c1-24(2)46-34-21-32-27(19-33(34)44-4)20-35(42)41(37(32)26-7-9-28(38)10-8-26)31-15-13-29(14-16-31)39(3)22-25-5-11-30(12-6-25)40-17-18-45-23-36(40)43/h7-10,13-16,19,21,24-25,30,37H,5-6,11-12,17-18,20,22-23H2,1-4H3/t25-,30-,37-/m0/s1. The largest absolute Gasteiger partial charge is 0.493 e. The minimum Gasteiger partial charge on any atom is -0.493 e. The first kappa shape index (κ1) is 32.2. The number of rotatable bonds is 9. The average Bonchev–Trinajstić information content (AvgIpc) is 3.05. The molecular formula is C37H44ClN3O5. The third-order valence-corrected chi connectivity index (χ3v) is 9.77. The topological polar surface area (TPSA) is 71.6 Å². The summed E-state index contributed by atoms with van der Waals surface area (Å²) in [5.74, 6) is 2.01. The normalized spacial score (nSPS) is 21.7. The number of ether oxygens (including phenoxy) is 3. The van der Waals surface area contributed by atoms with E-state index >= 15 is 0 Å². The van der Waals surface area contributed by atoms with Crippen LogP contribution in [0.3, 0.4) is 0 Å². The Morgan fingerprint density at radius 1 is 0.957 bits per heavy atom. The predicted octanol–water partition coefficient (Wildman–Crippen LogP) is 6.67. The molecule has 6 rings (SSSR count). The second-order valence-corrected chi connectivity index (χ2v) is 13.4. The molecule has 8 nitrogen and oxygen atoms in total. The van der Waals surface area contributed by atoms with Gasteiger partial charge in [0.1, 0.15) is 6.61 Å². The number of carbonyl (C=O) groups is 2. The summed E-state index contributed by atoms with van der Waals surface area (Å²) in [6.07, 6.45) is 4.53. The first-order chi connectivity index (χ1) is 22.2. The number of benzene rings is 3. The maximum Gasteiger partial charge on any atom is 0.248 e. The molecule has 0 radical (unpaired) electrons.